The SMILES string of the molecule is Cc1ccc(-c2nnc([C@@H](C)N3CCN(CCOc4ccc(Cl)cc4)CC3)o2)cc1. The largest absolute Gasteiger partial charge is 0.492 e. The predicted molar refractivity (Wildman–Crippen MR) is 118 cm³/mol. The van der Waals surface area contributed by atoms with E-state index in [9.17, 15) is 0 Å². The quantitative estimate of drug-likeness (QED) is 0.556. The van der Waals surface area contributed by atoms with Gasteiger partial charge in [0.25, 0.3) is 0 Å². The molecular formula is C23H27ClN4O2. The molecule has 4 rings (SSSR count). The second-order valence-corrected chi connectivity index (χ2v) is 8.10. The summed E-state index contributed by atoms with van der Waals surface area (Å²) in [5.74, 6) is 2.10. The van der Waals surface area contributed by atoms with Crippen LogP contribution >= 0.6 is 11.6 Å². The average Bonchev–Trinajstić information content (AvgIpc) is 3.26. The number of nitrogens with zero attached hydrogens (tertiary/aromatic N) is 4. The number of hydrogen-bond acceptors (Lipinski definition) is 6. The molecule has 0 amide bonds. The zero-order valence-electron chi connectivity index (χ0n) is 17.4. The monoisotopic (exact) mass is 426 g/mol. The summed E-state index contributed by atoms with van der Waals surface area (Å²) in [6.07, 6.45) is 0. The van der Waals surface area contributed by atoms with Gasteiger partial charge in [0.2, 0.25) is 11.8 Å². The van der Waals surface area contributed by atoms with E-state index in [1.807, 2.05) is 36.4 Å². The van der Waals surface area contributed by atoms with Gasteiger partial charge in [0, 0.05) is 43.3 Å². The van der Waals surface area contributed by atoms with E-state index in [0.717, 1.165) is 49.1 Å². The van der Waals surface area contributed by atoms with Crippen molar-refractivity contribution in [3.63, 3.8) is 0 Å². The molecule has 0 N–H and O–H groups in total. The van der Waals surface area contributed by atoms with Crippen molar-refractivity contribution in [2.24, 2.45) is 0 Å². The normalized spacial score (nSPS) is 16.5. The molecule has 1 aromatic heterocycles. The Morgan fingerprint density at radius 2 is 1.70 bits per heavy atom. The number of halogens is 1. The summed E-state index contributed by atoms with van der Waals surface area (Å²) >= 11 is 5.91. The lowest BCUT2D eigenvalue weighted by molar-refractivity contribution is 0.0827. The van der Waals surface area contributed by atoms with Crippen LogP contribution in [0.4, 0.5) is 0 Å². The molecule has 30 heavy (non-hydrogen) atoms. The Labute approximate surface area is 182 Å². The van der Waals surface area contributed by atoms with Crippen molar-refractivity contribution in [1.29, 1.82) is 0 Å². The van der Waals surface area contributed by atoms with E-state index in [2.05, 4.69) is 46.0 Å². The molecule has 3 aromatic rings. The summed E-state index contributed by atoms with van der Waals surface area (Å²) < 4.78 is 11.8. The second kappa shape index (κ2) is 9.60. The number of benzene rings is 2. The minimum absolute atomic E-state index is 0.101. The van der Waals surface area contributed by atoms with E-state index >= 15 is 0 Å². The Kier molecular flexibility index (Phi) is 6.67. The lowest BCUT2D eigenvalue weighted by Crippen LogP contribution is -2.48. The smallest absolute Gasteiger partial charge is 0.247 e. The van der Waals surface area contributed by atoms with E-state index in [0.29, 0.717) is 18.4 Å². The molecule has 0 saturated carbocycles. The Morgan fingerprint density at radius 1 is 1.00 bits per heavy atom. The van der Waals surface area contributed by atoms with Crippen LogP contribution < -0.4 is 4.74 Å². The zero-order valence-corrected chi connectivity index (χ0v) is 18.2. The van der Waals surface area contributed by atoms with Gasteiger partial charge in [0.1, 0.15) is 12.4 Å². The number of hydrogen-bond donors (Lipinski definition) is 0. The van der Waals surface area contributed by atoms with Gasteiger partial charge in [-0.3, -0.25) is 9.80 Å². The van der Waals surface area contributed by atoms with E-state index in [4.69, 9.17) is 20.8 Å². The van der Waals surface area contributed by atoms with Crippen molar-refractivity contribution in [2.75, 3.05) is 39.3 Å². The van der Waals surface area contributed by atoms with Crippen LogP contribution in [-0.2, 0) is 0 Å². The van der Waals surface area contributed by atoms with Gasteiger partial charge in [-0.2, -0.15) is 0 Å². The van der Waals surface area contributed by atoms with Gasteiger partial charge >= 0.3 is 0 Å². The van der Waals surface area contributed by atoms with Gasteiger partial charge in [-0.25, -0.2) is 0 Å². The first kappa shape index (κ1) is 20.8. The van der Waals surface area contributed by atoms with E-state index in [-0.39, 0.29) is 6.04 Å². The van der Waals surface area contributed by atoms with Gasteiger partial charge in [-0.1, -0.05) is 29.3 Å². The Balaban J connectivity index is 1.24. The molecule has 7 heteroatoms. The summed E-state index contributed by atoms with van der Waals surface area (Å²) in [7, 11) is 0. The molecule has 0 spiro atoms. The zero-order chi connectivity index (χ0) is 20.9. The molecule has 2 heterocycles. The highest BCUT2D eigenvalue weighted by Crippen LogP contribution is 2.25. The highest BCUT2D eigenvalue weighted by atomic mass is 35.5. The van der Waals surface area contributed by atoms with Crippen LogP contribution in [0.2, 0.25) is 5.02 Å². The Hall–Kier alpha value is -2.41. The summed E-state index contributed by atoms with van der Waals surface area (Å²) in [6, 6.07) is 15.7. The number of piperazine rings is 1. The van der Waals surface area contributed by atoms with Gasteiger partial charge in [0.05, 0.1) is 6.04 Å². The van der Waals surface area contributed by atoms with Crippen LogP contribution in [-0.4, -0.2) is 59.3 Å². The maximum atomic E-state index is 5.97. The molecule has 0 unspecified atom stereocenters. The minimum Gasteiger partial charge on any atom is -0.492 e. The lowest BCUT2D eigenvalue weighted by atomic mass is 10.1. The molecule has 0 radical (unpaired) electrons. The Bertz CT molecular complexity index is 935. The summed E-state index contributed by atoms with van der Waals surface area (Å²) in [5, 5.41) is 9.26. The molecule has 1 aliphatic heterocycles. The van der Waals surface area contributed by atoms with Crippen molar-refractivity contribution in [3.05, 3.63) is 65.0 Å². The van der Waals surface area contributed by atoms with Gasteiger partial charge in [0.15, 0.2) is 0 Å². The van der Waals surface area contributed by atoms with Crippen LogP contribution in [0.25, 0.3) is 11.5 Å². The maximum absolute atomic E-state index is 5.97. The van der Waals surface area contributed by atoms with E-state index in [1.165, 1.54) is 5.56 Å². The van der Waals surface area contributed by atoms with Gasteiger partial charge in [-0.15, -0.1) is 10.2 Å². The third kappa shape index (κ3) is 5.19. The van der Waals surface area contributed by atoms with Gasteiger partial charge < -0.3 is 9.15 Å². The highest BCUT2D eigenvalue weighted by Gasteiger charge is 2.25. The first-order valence-corrected chi connectivity index (χ1v) is 10.7. The van der Waals surface area contributed by atoms with Crippen LogP contribution in [0.15, 0.2) is 52.9 Å². The van der Waals surface area contributed by atoms with Crippen molar-refractivity contribution in [1.82, 2.24) is 20.0 Å². The van der Waals surface area contributed by atoms with Gasteiger partial charge in [-0.05, 0) is 50.2 Å². The molecule has 6 nitrogen and oxygen atoms in total. The first-order chi connectivity index (χ1) is 14.6. The summed E-state index contributed by atoms with van der Waals surface area (Å²) in [5.41, 5.74) is 2.17. The van der Waals surface area contributed by atoms with Crippen LogP contribution in [0.5, 0.6) is 5.75 Å². The van der Waals surface area contributed by atoms with Crippen LogP contribution in [0, 0.1) is 6.92 Å². The number of aromatic nitrogens is 2. The first-order valence-electron chi connectivity index (χ1n) is 10.3. The molecule has 1 aliphatic rings. The summed E-state index contributed by atoms with van der Waals surface area (Å²) in [6.45, 7) is 9.68. The molecule has 1 saturated heterocycles. The molecule has 0 aliphatic carbocycles. The van der Waals surface area contributed by atoms with Crippen LogP contribution in [0.1, 0.15) is 24.4 Å². The van der Waals surface area contributed by atoms with Crippen molar-refractivity contribution >= 4 is 11.6 Å². The van der Waals surface area contributed by atoms with Crippen LogP contribution in [0.3, 0.4) is 0 Å². The second-order valence-electron chi connectivity index (χ2n) is 7.67. The topological polar surface area (TPSA) is 54.6 Å². The minimum atomic E-state index is 0.101. The fraction of sp³-hybridized carbons (Fsp3) is 0.391. The number of rotatable bonds is 7. The fourth-order valence-electron chi connectivity index (χ4n) is 3.57. The fourth-order valence-corrected chi connectivity index (χ4v) is 3.70. The average molecular weight is 427 g/mol. The molecule has 0 bridgehead atoms. The standard InChI is InChI=1S/C23H27ClN4O2/c1-17-3-5-19(6-4-17)23-26-25-22(30-23)18(2)28-13-11-27(12-14-28)15-16-29-21-9-7-20(24)8-10-21/h3-10,18H,11-16H2,1-2H3/t18-/m1/s1. The number of ether oxygens (including phenoxy) is 1. The third-order valence-corrected chi connectivity index (χ3v) is 5.79. The lowest BCUT2D eigenvalue weighted by Gasteiger charge is -2.36. The molecule has 2 aromatic carbocycles. The summed E-state index contributed by atoms with van der Waals surface area (Å²) in [4.78, 5) is 4.81. The van der Waals surface area contributed by atoms with E-state index in [1.54, 1.807) is 0 Å². The van der Waals surface area contributed by atoms with E-state index < -0.39 is 0 Å². The van der Waals surface area contributed by atoms with Crippen molar-refractivity contribution in [3.8, 4) is 17.2 Å². The molecule has 1 fully saturated rings. The molecular weight excluding hydrogens is 400 g/mol. The molecule has 1 atom stereocenters. The molecule has 158 valence electrons. The Morgan fingerprint density at radius 3 is 2.40 bits per heavy atom. The third-order valence-electron chi connectivity index (χ3n) is 5.54. The predicted octanol–water partition coefficient (Wildman–Crippen LogP) is 4.46. The number of aryl methyl sites for hydroxylation is 1. The van der Waals surface area contributed by atoms with Crippen molar-refractivity contribution < 1.29 is 9.15 Å². The van der Waals surface area contributed by atoms with Crippen molar-refractivity contribution in [2.45, 2.75) is 19.9 Å². The maximum Gasteiger partial charge on any atom is 0.247 e. The highest BCUT2D eigenvalue weighted by molar-refractivity contribution is 6.30.